The molecule has 2 N–H and O–H groups in total. The lowest BCUT2D eigenvalue weighted by Crippen LogP contribution is -2.36. The predicted molar refractivity (Wildman–Crippen MR) is 129 cm³/mol. The summed E-state index contributed by atoms with van der Waals surface area (Å²) in [6.07, 6.45) is 5.49. The Morgan fingerprint density at radius 3 is 2.03 bits per heavy atom. The maximum absolute atomic E-state index is 12.8. The molecule has 2 aromatic rings. The fraction of sp³-hybridized carbons (Fsp3) is 0.370. The van der Waals surface area contributed by atoms with Crippen molar-refractivity contribution in [1.82, 2.24) is 10.6 Å². The number of ether oxygens (including phenoxy) is 1. The minimum atomic E-state index is -0.512. The summed E-state index contributed by atoms with van der Waals surface area (Å²) in [5, 5.41) is 5.21. The topological polar surface area (TPSA) is 119 Å². The number of carbonyl (C=O) groups excluding carboxylic acids is 5. The highest BCUT2D eigenvalue weighted by molar-refractivity contribution is 6.28. The van der Waals surface area contributed by atoms with Crippen LogP contribution in [0.5, 0.6) is 0 Å². The number of ketones is 2. The molecule has 0 unspecified atom stereocenters. The lowest BCUT2D eigenvalue weighted by molar-refractivity contribution is -0.125. The summed E-state index contributed by atoms with van der Waals surface area (Å²) in [7, 11) is 0. The van der Waals surface area contributed by atoms with E-state index < -0.39 is 5.97 Å². The minimum Gasteiger partial charge on any atom is -0.462 e. The number of fused-ring (bicyclic) bond motifs is 2. The van der Waals surface area contributed by atoms with Crippen molar-refractivity contribution in [3.8, 4) is 0 Å². The number of hydrogen-bond donors (Lipinski definition) is 2. The Morgan fingerprint density at radius 1 is 0.743 bits per heavy atom. The maximum atomic E-state index is 12.8. The Labute approximate surface area is 204 Å². The number of nitrogens with one attached hydrogen (secondary N) is 2. The van der Waals surface area contributed by atoms with Gasteiger partial charge in [-0.3, -0.25) is 19.2 Å². The van der Waals surface area contributed by atoms with Crippen molar-refractivity contribution in [3.63, 3.8) is 0 Å². The van der Waals surface area contributed by atoms with Crippen LogP contribution in [0.2, 0.25) is 0 Å². The molecule has 35 heavy (non-hydrogen) atoms. The molecular weight excluding hydrogens is 448 g/mol. The molecule has 0 atom stereocenters. The molecule has 0 heterocycles. The van der Waals surface area contributed by atoms with Gasteiger partial charge >= 0.3 is 5.97 Å². The third-order valence-corrected chi connectivity index (χ3v) is 5.79. The average molecular weight is 479 g/mol. The van der Waals surface area contributed by atoms with Crippen LogP contribution in [0.3, 0.4) is 0 Å². The van der Waals surface area contributed by atoms with Gasteiger partial charge in [0.15, 0.2) is 11.6 Å². The first kappa shape index (κ1) is 25.8. The monoisotopic (exact) mass is 478 g/mol. The summed E-state index contributed by atoms with van der Waals surface area (Å²) >= 11 is 0. The molecule has 0 bridgehead atoms. The van der Waals surface area contributed by atoms with Crippen molar-refractivity contribution in [2.24, 2.45) is 0 Å². The van der Waals surface area contributed by atoms with Gasteiger partial charge in [0, 0.05) is 35.7 Å². The first-order valence-corrected chi connectivity index (χ1v) is 11.9. The molecule has 2 amide bonds. The van der Waals surface area contributed by atoms with Crippen molar-refractivity contribution < 1.29 is 28.7 Å². The van der Waals surface area contributed by atoms with E-state index in [1.807, 2.05) is 0 Å². The zero-order valence-corrected chi connectivity index (χ0v) is 19.9. The fourth-order valence-corrected chi connectivity index (χ4v) is 3.90. The van der Waals surface area contributed by atoms with E-state index in [1.54, 1.807) is 24.3 Å². The van der Waals surface area contributed by atoms with Gasteiger partial charge in [-0.2, -0.15) is 0 Å². The molecule has 0 aromatic heterocycles. The summed E-state index contributed by atoms with van der Waals surface area (Å²) in [5.74, 6) is -1.42. The van der Waals surface area contributed by atoms with Gasteiger partial charge in [-0.25, -0.2) is 4.79 Å². The summed E-state index contributed by atoms with van der Waals surface area (Å²) < 4.78 is 5.35. The number of carbonyl (C=O) groups is 5. The van der Waals surface area contributed by atoms with Crippen LogP contribution in [0.15, 0.2) is 42.5 Å². The lowest BCUT2D eigenvalue weighted by atomic mass is 9.83. The summed E-state index contributed by atoms with van der Waals surface area (Å²) in [4.78, 5) is 60.1. The van der Waals surface area contributed by atoms with Crippen molar-refractivity contribution in [2.45, 2.75) is 45.4 Å². The molecule has 3 rings (SSSR count). The van der Waals surface area contributed by atoms with Crippen LogP contribution in [0, 0.1) is 0 Å². The molecule has 0 aliphatic heterocycles. The summed E-state index contributed by atoms with van der Waals surface area (Å²) in [5.41, 5.74) is 1.52. The van der Waals surface area contributed by atoms with Gasteiger partial charge in [-0.1, -0.05) is 49.9 Å². The molecule has 1 aliphatic carbocycles. The van der Waals surface area contributed by atoms with Crippen LogP contribution in [0.1, 0.15) is 87.6 Å². The molecule has 1 aliphatic rings. The predicted octanol–water partition coefficient (Wildman–Crippen LogP) is 3.21. The molecule has 0 saturated heterocycles. The van der Waals surface area contributed by atoms with E-state index in [1.165, 1.54) is 25.1 Å². The number of hydrogen-bond acceptors (Lipinski definition) is 6. The van der Waals surface area contributed by atoms with Gasteiger partial charge < -0.3 is 15.4 Å². The van der Waals surface area contributed by atoms with Crippen LogP contribution < -0.4 is 10.6 Å². The highest BCUT2D eigenvalue weighted by Crippen LogP contribution is 2.28. The third kappa shape index (κ3) is 7.09. The van der Waals surface area contributed by atoms with Gasteiger partial charge in [0.2, 0.25) is 11.8 Å². The van der Waals surface area contributed by atoms with Crippen LogP contribution in [0.25, 0.3) is 0 Å². The van der Waals surface area contributed by atoms with E-state index >= 15 is 0 Å². The number of unbranched alkanes of at least 4 members (excludes halogenated alkanes) is 5. The van der Waals surface area contributed by atoms with Crippen LogP contribution in [-0.2, 0) is 14.3 Å². The van der Waals surface area contributed by atoms with E-state index in [4.69, 9.17) is 4.74 Å². The van der Waals surface area contributed by atoms with E-state index in [9.17, 15) is 24.0 Å². The third-order valence-electron chi connectivity index (χ3n) is 5.79. The van der Waals surface area contributed by atoms with Crippen molar-refractivity contribution in [2.75, 3.05) is 19.7 Å². The Hall–Kier alpha value is -3.81. The van der Waals surface area contributed by atoms with E-state index in [-0.39, 0.29) is 47.7 Å². The average Bonchev–Trinajstić information content (AvgIpc) is 2.86. The molecule has 8 nitrogen and oxygen atoms in total. The van der Waals surface area contributed by atoms with E-state index in [0.29, 0.717) is 23.2 Å². The van der Waals surface area contributed by atoms with Crippen molar-refractivity contribution in [3.05, 3.63) is 70.3 Å². The Balaban J connectivity index is 1.33. The van der Waals surface area contributed by atoms with Crippen LogP contribution >= 0.6 is 0 Å². The Kier molecular flexibility index (Phi) is 9.29. The zero-order chi connectivity index (χ0) is 25.2. The van der Waals surface area contributed by atoms with Crippen molar-refractivity contribution in [1.29, 1.82) is 0 Å². The zero-order valence-electron chi connectivity index (χ0n) is 19.9. The number of amides is 2. The molecule has 0 saturated carbocycles. The highest BCUT2D eigenvalue weighted by atomic mass is 16.5. The smallest absolute Gasteiger partial charge is 0.338 e. The number of rotatable bonds is 12. The van der Waals surface area contributed by atoms with Crippen LogP contribution in [-0.4, -0.2) is 49.0 Å². The fourth-order valence-electron chi connectivity index (χ4n) is 3.90. The highest BCUT2D eigenvalue weighted by Gasteiger charge is 2.30. The second kappa shape index (κ2) is 12.6. The summed E-state index contributed by atoms with van der Waals surface area (Å²) in [6.45, 7) is 2.23. The largest absolute Gasteiger partial charge is 0.462 e. The Morgan fingerprint density at radius 2 is 1.34 bits per heavy atom. The van der Waals surface area contributed by atoms with E-state index in [2.05, 4.69) is 10.6 Å². The van der Waals surface area contributed by atoms with E-state index in [0.717, 1.165) is 38.5 Å². The van der Waals surface area contributed by atoms with Gasteiger partial charge in [0.25, 0.3) is 0 Å². The first-order valence-electron chi connectivity index (χ1n) is 11.9. The number of esters is 1. The maximum Gasteiger partial charge on any atom is 0.338 e. The van der Waals surface area contributed by atoms with Crippen molar-refractivity contribution >= 4 is 29.4 Å². The quantitative estimate of drug-likeness (QED) is 0.305. The molecule has 2 aromatic carbocycles. The van der Waals surface area contributed by atoms with Gasteiger partial charge in [-0.15, -0.1) is 0 Å². The molecular formula is C27H30N2O6. The molecule has 0 spiro atoms. The molecule has 0 radical (unpaired) electrons. The van der Waals surface area contributed by atoms with Crippen LogP contribution in [0.4, 0.5) is 0 Å². The van der Waals surface area contributed by atoms with Gasteiger partial charge in [0.05, 0.1) is 18.7 Å². The number of benzene rings is 2. The SMILES string of the molecule is CC(=O)NCC(=O)NCCCCCCCCOC(=O)c1ccc2c(c1)C(=O)c1ccccc1C2=O. The lowest BCUT2D eigenvalue weighted by Gasteiger charge is -2.17. The standard InChI is InChI=1S/C27H30N2O6/c1-18(30)29-17-24(31)28-14-8-4-2-3-5-9-15-35-27(34)19-12-13-22-23(16-19)26(33)21-11-7-6-10-20(21)25(22)32/h6-7,10-13,16H,2-5,8-9,14-15,17H2,1H3,(H,28,31)(H,29,30). The molecule has 184 valence electrons. The second-order valence-corrected chi connectivity index (χ2v) is 8.48. The molecule has 0 fully saturated rings. The second-order valence-electron chi connectivity index (χ2n) is 8.48. The van der Waals surface area contributed by atoms with Gasteiger partial charge in [-0.05, 0) is 31.0 Å². The Bertz CT molecular complexity index is 1120. The normalized spacial score (nSPS) is 11.9. The first-order chi connectivity index (χ1) is 16.9. The molecule has 8 heteroatoms. The van der Waals surface area contributed by atoms with Gasteiger partial charge in [0.1, 0.15) is 0 Å². The minimum absolute atomic E-state index is 0.00188. The summed E-state index contributed by atoms with van der Waals surface area (Å²) in [6, 6.07) is 11.2.